The van der Waals surface area contributed by atoms with Gasteiger partial charge in [-0.3, -0.25) is 4.79 Å². The number of nitrogens with zero attached hydrogens (tertiary/aromatic N) is 3. The van der Waals surface area contributed by atoms with E-state index >= 15 is 0 Å². The standard InChI is InChI=1S/C16H15BrN4O7/c1-27-15(23)9-5-10(16(24)28-2)7-11(6-9)18-13(22)3-4-20-8-12(17)14(19-20)21(25)26/h5-8H,3-4H2,1-2H3,(H,18,22). The quantitative estimate of drug-likeness (QED) is 0.380. The molecule has 0 unspecified atom stereocenters. The summed E-state index contributed by atoms with van der Waals surface area (Å²) in [5, 5.41) is 17.1. The van der Waals surface area contributed by atoms with Crippen LogP contribution in [0.15, 0.2) is 28.9 Å². The SMILES string of the molecule is COC(=O)c1cc(NC(=O)CCn2cc(Br)c([N+](=O)[O-])n2)cc(C(=O)OC)c1. The lowest BCUT2D eigenvalue weighted by atomic mass is 10.1. The monoisotopic (exact) mass is 454 g/mol. The molecule has 1 N–H and O–H groups in total. The Morgan fingerprint density at radius 1 is 1.18 bits per heavy atom. The number of benzene rings is 1. The van der Waals surface area contributed by atoms with Crippen LogP contribution in [0.5, 0.6) is 0 Å². The largest absolute Gasteiger partial charge is 0.465 e. The van der Waals surface area contributed by atoms with E-state index in [2.05, 4.69) is 35.8 Å². The number of ether oxygens (including phenoxy) is 2. The van der Waals surface area contributed by atoms with Crippen molar-refractivity contribution in [3.63, 3.8) is 0 Å². The molecular formula is C16H15BrN4O7. The Labute approximate surface area is 166 Å². The number of hydrogen-bond acceptors (Lipinski definition) is 8. The normalized spacial score (nSPS) is 10.2. The molecule has 0 aliphatic rings. The number of nitrogens with one attached hydrogen (secondary N) is 1. The van der Waals surface area contributed by atoms with E-state index in [4.69, 9.17) is 0 Å². The van der Waals surface area contributed by atoms with Crippen LogP contribution in [0, 0.1) is 10.1 Å². The molecule has 1 aromatic heterocycles. The van der Waals surface area contributed by atoms with Crippen molar-refractivity contribution in [3.05, 3.63) is 50.1 Å². The maximum absolute atomic E-state index is 12.2. The first-order valence-electron chi connectivity index (χ1n) is 7.74. The van der Waals surface area contributed by atoms with Gasteiger partial charge in [0.05, 0.1) is 43.2 Å². The number of methoxy groups -OCH3 is 2. The Morgan fingerprint density at radius 3 is 2.21 bits per heavy atom. The van der Waals surface area contributed by atoms with E-state index in [1.165, 1.54) is 43.3 Å². The predicted molar refractivity (Wildman–Crippen MR) is 98.9 cm³/mol. The number of halogens is 1. The lowest BCUT2D eigenvalue weighted by molar-refractivity contribution is -0.390. The summed E-state index contributed by atoms with van der Waals surface area (Å²) in [6.45, 7) is 0.0822. The zero-order valence-corrected chi connectivity index (χ0v) is 16.4. The van der Waals surface area contributed by atoms with Gasteiger partial charge in [0.2, 0.25) is 5.91 Å². The molecule has 12 heteroatoms. The number of amides is 1. The third-order valence-corrected chi connectivity index (χ3v) is 4.06. The number of hydrogen-bond donors (Lipinski definition) is 1. The van der Waals surface area contributed by atoms with E-state index in [-0.39, 0.29) is 40.1 Å². The maximum Gasteiger partial charge on any atom is 0.404 e. The van der Waals surface area contributed by atoms with Crippen molar-refractivity contribution in [3.8, 4) is 0 Å². The Kier molecular flexibility index (Phi) is 6.82. The molecule has 28 heavy (non-hydrogen) atoms. The lowest BCUT2D eigenvalue weighted by Crippen LogP contribution is -2.16. The molecule has 0 atom stereocenters. The molecule has 0 saturated heterocycles. The first-order chi connectivity index (χ1) is 13.2. The van der Waals surface area contributed by atoms with Gasteiger partial charge in [0.15, 0.2) is 0 Å². The van der Waals surface area contributed by atoms with Crippen LogP contribution in [-0.2, 0) is 20.8 Å². The van der Waals surface area contributed by atoms with Crippen molar-refractivity contribution in [2.75, 3.05) is 19.5 Å². The molecule has 0 saturated carbocycles. The fraction of sp³-hybridized carbons (Fsp3) is 0.250. The second-order valence-corrected chi connectivity index (χ2v) is 6.26. The summed E-state index contributed by atoms with van der Waals surface area (Å²) in [5.74, 6) is -2.18. The maximum atomic E-state index is 12.2. The first-order valence-corrected chi connectivity index (χ1v) is 8.53. The number of aromatic nitrogens is 2. The molecule has 2 aromatic rings. The number of aryl methyl sites for hydroxylation is 1. The molecule has 0 spiro atoms. The molecule has 11 nitrogen and oxygen atoms in total. The van der Waals surface area contributed by atoms with E-state index in [0.717, 1.165) is 0 Å². The van der Waals surface area contributed by atoms with E-state index in [0.29, 0.717) is 0 Å². The van der Waals surface area contributed by atoms with Crippen LogP contribution >= 0.6 is 15.9 Å². The van der Waals surface area contributed by atoms with Gasteiger partial charge in [-0.2, -0.15) is 4.68 Å². The van der Waals surface area contributed by atoms with Crippen molar-refractivity contribution in [2.24, 2.45) is 0 Å². The molecule has 1 aromatic carbocycles. The molecule has 148 valence electrons. The van der Waals surface area contributed by atoms with Crippen LogP contribution in [-0.4, -0.2) is 46.8 Å². The summed E-state index contributed by atoms with van der Waals surface area (Å²) in [5.41, 5.74) is 0.320. The lowest BCUT2D eigenvalue weighted by Gasteiger charge is -2.09. The highest BCUT2D eigenvalue weighted by atomic mass is 79.9. The summed E-state index contributed by atoms with van der Waals surface area (Å²) in [6.07, 6.45) is 1.33. The first kappa shape index (κ1) is 21.0. The number of esters is 2. The van der Waals surface area contributed by atoms with Crippen LogP contribution in [0.3, 0.4) is 0 Å². The molecule has 0 bridgehead atoms. The molecule has 0 aliphatic carbocycles. The van der Waals surface area contributed by atoms with Crippen molar-refractivity contribution >= 4 is 45.3 Å². The van der Waals surface area contributed by atoms with Crippen LogP contribution in [0.4, 0.5) is 11.5 Å². The molecule has 0 fully saturated rings. The van der Waals surface area contributed by atoms with E-state index in [9.17, 15) is 24.5 Å². The van der Waals surface area contributed by atoms with E-state index in [1.807, 2.05) is 0 Å². The van der Waals surface area contributed by atoms with Crippen molar-refractivity contribution in [1.29, 1.82) is 0 Å². The Bertz CT molecular complexity index is 907. The molecule has 0 aliphatic heterocycles. The van der Waals surface area contributed by atoms with Crippen LogP contribution < -0.4 is 5.32 Å². The van der Waals surface area contributed by atoms with Gasteiger partial charge in [0.25, 0.3) is 0 Å². The van der Waals surface area contributed by atoms with Crippen LogP contribution in [0.25, 0.3) is 0 Å². The van der Waals surface area contributed by atoms with Crippen LogP contribution in [0.2, 0.25) is 0 Å². The van der Waals surface area contributed by atoms with Gasteiger partial charge in [-0.25, -0.2) is 9.59 Å². The second-order valence-electron chi connectivity index (χ2n) is 5.40. The van der Waals surface area contributed by atoms with Gasteiger partial charge in [-0.1, -0.05) is 0 Å². The number of carbonyl (C=O) groups is 3. The summed E-state index contributed by atoms with van der Waals surface area (Å²) in [4.78, 5) is 45.8. The molecule has 2 rings (SSSR count). The zero-order valence-electron chi connectivity index (χ0n) is 14.8. The third-order valence-electron chi connectivity index (χ3n) is 3.50. The Balaban J connectivity index is 2.12. The average Bonchev–Trinajstić information content (AvgIpc) is 3.05. The molecule has 1 amide bonds. The Morgan fingerprint density at radius 2 is 1.75 bits per heavy atom. The van der Waals surface area contributed by atoms with Crippen molar-refractivity contribution in [1.82, 2.24) is 9.78 Å². The zero-order chi connectivity index (χ0) is 20.8. The third kappa shape index (κ3) is 5.13. The minimum atomic E-state index is -0.685. The second kappa shape index (κ2) is 9.08. The summed E-state index contributed by atoms with van der Waals surface area (Å²) >= 11 is 3.02. The predicted octanol–water partition coefficient (Wildman–Crippen LogP) is 2.16. The van der Waals surface area contributed by atoms with E-state index < -0.39 is 22.8 Å². The molecular weight excluding hydrogens is 440 g/mol. The Hall–Kier alpha value is -3.28. The highest BCUT2D eigenvalue weighted by Crippen LogP contribution is 2.22. The smallest absolute Gasteiger partial charge is 0.404 e. The topological polar surface area (TPSA) is 143 Å². The molecule has 1 heterocycles. The number of rotatable bonds is 7. The van der Waals surface area contributed by atoms with Crippen molar-refractivity contribution < 1.29 is 28.8 Å². The number of anilines is 1. The number of carbonyl (C=O) groups excluding carboxylic acids is 3. The molecule has 0 radical (unpaired) electrons. The summed E-state index contributed by atoms with van der Waals surface area (Å²) in [6, 6.07) is 3.99. The fourth-order valence-electron chi connectivity index (χ4n) is 2.24. The minimum absolute atomic E-state index is 0.0543. The van der Waals surface area contributed by atoms with Gasteiger partial charge < -0.3 is 24.9 Å². The summed E-state index contributed by atoms with van der Waals surface area (Å²) in [7, 11) is 2.37. The van der Waals surface area contributed by atoms with Gasteiger partial charge in [0, 0.05) is 12.1 Å². The van der Waals surface area contributed by atoms with Crippen molar-refractivity contribution in [2.45, 2.75) is 13.0 Å². The van der Waals surface area contributed by atoms with Gasteiger partial charge in [-0.05, 0) is 39.1 Å². The highest BCUT2D eigenvalue weighted by Gasteiger charge is 2.19. The van der Waals surface area contributed by atoms with E-state index in [1.54, 1.807) is 0 Å². The fourth-order valence-corrected chi connectivity index (χ4v) is 2.70. The van der Waals surface area contributed by atoms with Gasteiger partial charge in [0.1, 0.15) is 4.47 Å². The summed E-state index contributed by atoms with van der Waals surface area (Å²) < 4.78 is 10.7. The van der Waals surface area contributed by atoms with Crippen LogP contribution in [0.1, 0.15) is 27.1 Å². The minimum Gasteiger partial charge on any atom is -0.465 e. The van der Waals surface area contributed by atoms with Gasteiger partial charge in [-0.15, -0.1) is 0 Å². The van der Waals surface area contributed by atoms with Gasteiger partial charge >= 0.3 is 17.8 Å². The average molecular weight is 455 g/mol. The highest BCUT2D eigenvalue weighted by molar-refractivity contribution is 9.10. The number of nitro groups is 1.